The molecular weight excluding hydrogens is 302 g/mol. The molecule has 0 radical (unpaired) electrons. The highest BCUT2D eigenvalue weighted by atomic mass is 16.3. The van der Waals surface area contributed by atoms with Crippen LogP contribution in [0.5, 0.6) is 0 Å². The van der Waals surface area contributed by atoms with Crippen LogP contribution < -0.4 is 10.2 Å². The van der Waals surface area contributed by atoms with Crippen molar-refractivity contribution in [1.82, 2.24) is 10.2 Å². The van der Waals surface area contributed by atoms with E-state index in [9.17, 15) is 9.90 Å². The Hall–Kier alpha value is -1.59. The normalized spacial score (nSPS) is 16.2. The van der Waals surface area contributed by atoms with Crippen molar-refractivity contribution >= 4 is 11.6 Å². The average molecular weight is 333 g/mol. The standard InChI is InChI=1S/C19H31N3O2/c1-4-19(24,5-2)15-20-18(23)16-7-9-17(10-8-16)22-13-11-21(6-3)12-14-22/h7-10,24H,4-6,11-15H2,1-3H3,(H,20,23). The van der Waals surface area contributed by atoms with Crippen molar-refractivity contribution < 1.29 is 9.90 Å². The van der Waals surface area contributed by atoms with Crippen molar-refractivity contribution in [3.63, 3.8) is 0 Å². The van der Waals surface area contributed by atoms with Gasteiger partial charge in [0.25, 0.3) is 5.91 Å². The van der Waals surface area contributed by atoms with Gasteiger partial charge in [0.15, 0.2) is 0 Å². The number of hydrogen-bond acceptors (Lipinski definition) is 4. The summed E-state index contributed by atoms with van der Waals surface area (Å²) in [7, 11) is 0. The number of piperazine rings is 1. The number of aliphatic hydroxyl groups is 1. The molecule has 0 aliphatic carbocycles. The van der Waals surface area contributed by atoms with Crippen LogP contribution in [0.4, 0.5) is 5.69 Å². The van der Waals surface area contributed by atoms with E-state index in [2.05, 4.69) is 22.0 Å². The Bertz CT molecular complexity index is 518. The molecule has 0 atom stereocenters. The van der Waals surface area contributed by atoms with Crippen LogP contribution in [0.2, 0.25) is 0 Å². The fourth-order valence-electron chi connectivity index (χ4n) is 2.99. The molecule has 24 heavy (non-hydrogen) atoms. The maximum absolute atomic E-state index is 12.3. The van der Waals surface area contributed by atoms with Crippen molar-refractivity contribution in [2.24, 2.45) is 0 Å². The fourth-order valence-corrected chi connectivity index (χ4v) is 2.99. The number of hydrogen-bond donors (Lipinski definition) is 2. The fraction of sp³-hybridized carbons (Fsp3) is 0.632. The summed E-state index contributed by atoms with van der Waals surface area (Å²) in [6, 6.07) is 7.77. The summed E-state index contributed by atoms with van der Waals surface area (Å²) in [6.45, 7) is 11.7. The summed E-state index contributed by atoms with van der Waals surface area (Å²) < 4.78 is 0. The number of likely N-dealkylation sites (N-methyl/N-ethyl adjacent to an activating group) is 1. The molecule has 2 N–H and O–H groups in total. The molecule has 0 saturated carbocycles. The second kappa shape index (κ2) is 8.49. The van der Waals surface area contributed by atoms with E-state index in [4.69, 9.17) is 0 Å². The molecule has 1 heterocycles. The van der Waals surface area contributed by atoms with E-state index in [0.717, 1.165) is 32.7 Å². The van der Waals surface area contributed by atoms with Gasteiger partial charge in [-0.25, -0.2) is 0 Å². The molecule has 0 aromatic heterocycles. The Morgan fingerprint density at radius 1 is 1.08 bits per heavy atom. The topological polar surface area (TPSA) is 55.8 Å². The number of amides is 1. The van der Waals surface area contributed by atoms with Gasteiger partial charge < -0.3 is 20.2 Å². The molecule has 2 rings (SSSR count). The first-order valence-corrected chi connectivity index (χ1v) is 9.09. The molecule has 1 fully saturated rings. The SMILES string of the molecule is CCN1CCN(c2ccc(C(=O)NCC(O)(CC)CC)cc2)CC1. The summed E-state index contributed by atoms with van der Waals surface area (Å²) in [5.74, 6) is -0.127. The van der Waals surface area contributed by atoms with E-state index in [1.165, 1.54) is 5.69 Å². The number of carbonyl (C=O) groups excluding carboxylic acids is 1. The van der Waals surface area contributed by atoms with Crippen LogP contribution >= 0.6 is 0 Å². The Morgan fingerprint density at radius 3 is 2.17 bits per heavy atom. The summed E-state index contributed by atoms with van der Waals surface area (Å²) in [6.07, 6.45) is 1.26. The number of nitrogens with zero attached hydrogens (tertiary/aromatic N) is 2. The zero-order chi connectivity index (χ0) is 17.6. The largest absolute Gasteiger partial charge is 0.388 e. The van der Waals surface area contributed by atoms with Gasteiger partial charge in [-0.15, -0.1) is 0 Å². The van der Waals surface area contributed by atoms with Crippen LogP contribution in [0.3, 0.4) is 0 Å². The zero-order valence-electron chi connectivity index (χ0n) is 15.2. The highest BCUT2D eigenvalue weighted by molar-refractivity contribution is 5.94. The van der Waals surface area contributed by atoms with Crippen molar-refractivity contribution in [1.29, 1.82) is 0 Å². The van der Waals surface area contributed by atoms with Crippen molar-refractivity contribution in [2.75, 3.05) is 44.2 Å². The van der Waals surface area contributed by atoms with Gasteiger partial charge in [0.05, 0.1) is 5.60 Å². The van der Waals surface area contributed by atoms with E-state index in [1.807, 2.05) is 38.1 Å². The second-order valence-electron chi connectivity index (χ2n) is 6.58. The zero-order valence-corrected chi connectivity index (χ0v) is 15.2. The number of benzene rings is 1. The molecule has 0 spiro atoms. The van der Waals surface area contributed by atoms with Crippen molar-refractivity contribution in [2.45, 2.75) is 39.2 Å². The van der Waals surface area contributed by atoms with E-state index in [0.29, 0.717) is 24.9 Å². The lowest BCUT2D eigenvalue weighted by Gasteiger charge is -2.35. The molecule has 134 valence electrons. The Balaban J connectivity index is 1.91. The Kier molecular flexibility index (Phi) is 6.63. The molecule has 0 unspecified atom stereocenters. The molecule has 0 bridgehead atoms. The lowest BCUT2D eigenvalue weighted by Crippen LogP contribution is -2.46. The summed E-state index contributed by atoms with van der Waals surface area (Å²) in [5, 5.41) is 13.1. The molecule has 1 aliphatic heterocycles. The van der Waals surface area contributed by atoms with Gasteiger partial charge in [0, 0.05) is 44.0 Å². The van der Waals surface area contributed by atoms with Crippen LogP contribution in [-0.4, -0.2) is 60.8 Å². The van der Waals surface area contributed by atoms with Crippen molar-refractivity contribution in [3.8, 4) is 0 Å². The third kappa shape index (κ3) is 4.71. The lowest BCUT2D eigenvalue weighted by molar-refractivity contribution is 0.0314. The minimum atomic E-state index is -0.811. The number of nitrogens with one attached hydrogen (secondary N) is 1. The van der Waals surface area contributed by atoms with Gasteiger partial charge >= 0.3 is 0 Å². The van der Waals surface area contributed by atoms with Crippen LogP contribution in [-0.2, 0) is 0 Å². The molecule has 5 heteroatoms. The summed E-state index contributed by atoms with van der Waals surface area (Å²) >= 11 is 0. The summed E-state index contributed by atoms with van der Waals surface area (Å²) in [4.78, 5) is 17.1. The first-order chi connectivity index (χ1) is 11.5. The molecule has 5 nitrogen and oxygen atoms in total. The number of carbonyl (C=O) groups is 1. The van der Waals surface area contributed by atoms with Crippen LogP contribution in [0, 0.1) is 0 Å². The third-order valence-corrected chi connectivity index (χ3v) is 5.21. The molecule has 1 saturated heterocycles. The molecule has 1 aromatic carbocycles. The Labute approximate surface area is 145 Å². The average Bonchev–Trinajstić information content (AvgIpc) is 2.66. The Morgan fingerprint density at radius 2 is 1.67 bits per heavy atom. The lowest BCUT2D eigenvalue weighted by atomic mass is 9.97. The van der Waals surface area contributed by atoms with E-state index >= 15 is 0 Å². The van der Waals surface area contributed by atoms with Crippen LogP contribution in [0.15, 0.2) is 24.3 Å². The minimum Gasteiger partial charge on any atom is -0.388 e. The predicted octanol–water partition coefficient (Wildman–Crippen LogP) is 2.11. The van der Waals surface area contributed by atoms with E-state index < -0.39 is 5.60 Å². The van der Waals surface area contributed by atoms with Crippen LogP contribution in [0.25, 0.3) is 0 Å². The van der Waals surface area contributed by atoms with Gasteiger partial charge in [-0.1, -0.05) is 20.8 Å². The van der Waals surface area contributed by atoms with Gasteiger partial charge in [0.1, 0.15) is 0 Å². The maximum atomic E-state index is 12.3. The molecule has 1 aromatic rings. The first-order valence-electron chi connectivity index (χ1n) is 9.09. The number of rotatable bonds is 7. The quantitative estimate of drug-likeness (QED) is 0.802. The van der Waals surface area contributed by atoms with Gasteiger partial charge in [-0.05, 0) is 43.7 Å². The van der Waals surface area contributed by atoms with E-state index in [1.54, 1.807) is 0 Å². The first kappa shape index (κ1) is 18.7. The molecular formula is C19H31N3O2. The summed E-state index contributed by atoms with van der Waals surface area (Å²) in [5.41, 5.74) is 0.996. The third-order valence-electron chi connectivity index (χ3n) is 5.21. The minimum absolute atomic E-state index is 0.127. The van der Waals surface area contributed by atoms with E-state index in [-0.39, 0.29) is 5.91 Å². The van der Waals surface area contributed by atoms with Crippen molar-refractivity contribution in [3.05, 3.63) is 29.8 Å². The molecule has 1 amide bonds. The van der Waals surface area contributed by atoms with Gasteiger partial charge in [-0.2, -0.15) is 0 Å². The second-order valence-corrected chi connectivity index (χ2v) is 6.58. The maximum Gasteiger partial charge on any atom is 0.251 e. The predicted molar refractivity (Wildman–Crippen MR) is 98.6 cm³/mol. The highest BCUT2D eigenvalue weighted by Crippen LogP contribution is 2.18. The number of anilines is 1. The monoisotopic (exact) mass is 333 g/mol. The van der Waals surface area contributed by atoms with Gasteiger partial charge in [-0.3, -0.25) is 4.79 Å². The highest BCUT2D eigenvalue weighted by Gasteiger charge is 2.23. The van der Waals surface area contributed by atoms with Gasteiger partial charge in [0.2, 0.25) is 0 Å². The molecule has 1 aliphatic rings. The van der Waals surface area contributed by atoms with Crippen LogP contribution in [0.1, 0.15) is 44.0 Å². The smallest absolute Gasteiger partial charge is 0.251 e.